The molecule has 0 aromatic heterocycles. The van der Waals surface area contributed by atoms with Crippen LogP contribution in [-0.4, -0.2) is 45.0 Å². The van der Waals surface area contributed by atoms with Crippen LogP contribution >= 0.6 is 12.6 Å². The number of Topliss-reactive ketones (excluding diaryl/α,β-unsaturated/α-hetero) is 1. The van der Waals surface area contributed by atoms with Crippen LogP contribution in [0.3, 0.4) is 0 Å². The first-order valence-electron chi connectivity index (χ1n) is 8.98. The van der Waals surface area contributed by atoms with Gasteiger partial charge in [0.1, 0.15) is 12.3 Å². The average Bonchev–Trinajstić information content (AvgIpc) is 2.67. The van der Waals surface area contributed by atoms with Gasteiger partial charge in [0.15, 0.2) is 0 Å². The molecule has 1 saturated heterocycles. The van der Waals surface area contributed by atoms with E-state index in [4.69, 9.17) is 5.11 Å². The number of carbonyl (C=O) groups excluding carboxylic acids is 2. The summed E-state index contributed by atoms with van der Waals surface area (Å²) in [6.07, 6.45) is 2.77. The predicted molar refractivity (Wildman–Crippen MR) is 103 cm³/mol. The normalized spacial score (nSPS) is 21.1. The second-order valence-electron chi connectivity index (χ2n) is 7.60. The van der Waals surface area contributed by atoms with E-state index < -0.39 is 22.7 Å². The van der Waals surface area contributed by atoms with Gasteiger partial charge in [-0.3, -0.25) is 14.4 Å². The molecule has 1 N–H and O–H groups in total. The zero-order valence-electron chi connectivity index (χ0n) is 15.4. The van der Waals surface area contributed by atoms with Crippen molar-refractivity contribution in [1.82, 2.24) is 4.90 Å². The molecule has 5 nitrogen and oxygen atoms in total. The maximum Gasteiger partial charge on any atom is 0.323 e. The van der Waals surface area contributed by atoms with Gasteiger partial charge in [0.05, 0.1) is 5.25 Å². The Balaban J connectivity index is 2.05. The molecule has 142 valence electrons. The second kappa shape index (κ2) is 8.71. The van der Waals surface area contributed by atoms with Crippen LogP contribution in [0.2, 0.25) is 0 Å². The smallest absolute Gasteiger partial charge is 0.323 e. The van der Waals surface area contributed by atoms with Gasteiger partial charge >= 0.3 is 5.97 Å². The van der Waals surface area contributed by atoms with Crippen molar-refractivity contribution in [1.29, 1.82) is 0 Å². The average molecular weight is 378 g/mol. The number of rotatable bonds is 7. The molecular weight excluding hydrogens is 350 g/mol. The zero-order chi connectivity index (χ0) is 19.3. The molecule has 26 heavy (non-hydrogen) atoms. The molecule has 0 saturated carbocycles. The molecule has 0 bridgehead atoms. The third kappa shape index (κ3) is 5.34. The van der Waals surface area contributed by atoms with Crippen molar-refractivity contribution in [2.75, 3.05) is 6.54 Å². The lowest BCUT2D eigenvalue weighted by Gasteiger charge is -2.37. The predicted octanol–water partition coefficient (Wildman–Crippen LogP) is 2.98. The van der Waals surface area contributed by atoms with E-state index in [1.54, 1.807) is 0 Å². The summed E-state index contributed by atoms with van der Waals surface area (Å²) >= 11 is 4.44. The van der Waals surface area contributed by atoms with Crippen LogP contribution in [0.25, 0.3) is 0 Å². The highest BCUT2D eigenvalue weighted by Crippen LogP contribution is 2.32. The minimum atomic E-state index is -1.03. The number of nitrogens with zero attached hydrogens (tertiary/aromatic N) is 1. The van der Waals surface area contributed by atoms with Gasteiger partial charge in [-0.15, -0.1) is 0 Å². The number of amides is 1. The molecule has 1 aromatic rings. The van der Waals surface area contributed by atoms with Crippen molar-refractivity contribution in [3.8, 4) is 0 Å². The molecular formula is C20H27NO4S. The Morgan fingerprint density at radius 3 is 2.58 bits per heavy atom. The molecule has 1 aliphatic rings. The Bertz CT molecular complexity index is 659. The minimum absolute atomic E-state index is 0.0643. The fourth-order valence-corrected chi connectivity index (χ4v) is 3.82. The molecule has 0 unspecified atom stereocenters. The molecule has 1 amide bonds. The molecule has 1 aliphatic heterocycles. The fourth-order valence-electron chi connectivity index (χ4n) is 3.50. The van der Waals surface area contributed by atoms with E-state index in [-0.39, 0.29) is 24.7 Å². The molecule has 2 atom stereocenters. The summed E-state index contributed by atoms with van der Waals surface area (Å²) in [6.45, 7) is 3.44. The van der Waals surface area contributed by atoms with Crippen LogP contribution < -0.4 is 0 Å². The van der Waals surface area contributed by atoms with Crippen LogP contribution in [0, 0.1) is 5.92 Å². The number of carboxylic acid groups (broad SMARTS) is 1. The van der Waals surface area contributed by atoms with Gasteiger partial charge in [-0.2, -0.15) is 12.6 Å². The molecule has 0 radical (unpaired) electrons. The van der Waals surface area contributed by atoms with Gasteiger partial charge in [0, 0.05) is 17.9 Å². The summed E-state index contributed by atoms with van der Waals surface area (Å²) in [4.78, 5) is 38.1. The molecule has 1 heterocycles. The highest BCUT2D eigenvalue weighted by molar-refractivity contribution is 7.81. The van der Waals surface area contributed by atoms with Gasteiger partial charge in [-0.05, 0) is 38.7 Å². The van der Waals surface area contributed by atoms with Crippen molar-refractivity contribution in [3.63, 3.8) is 0 Å². The summed E-state index contributed by atoms with van der Waals surface area (Å²) in [5.74, 6) is -1.79. The molecule has 0 spiro atoms. The first kappa shape index (κ1) is 20.5. The molecule has 2 rings (SSSR count). The van der Waals surface area contributed by atoms with Gasteiger partial charge in [0.2, 0.25) is 5.91 Å². The number of ketones is 1. The Labute approximate surface area is 160 Å². The number of thiol groups is 1. The topological polar surface area (TPSA) is 74.7 Å². The highest BCUT2D eigenvalue weighted by Gasteiger charge is 2.39. The van der Waals surface area contributed by atoms with E-state index in [1.807, 2.05) is 44.2 Å². The number of likely N-dealkylation sites (tertiary alicyclic amines) is 1. The maximum absolute atomic E-state index is 12.9. The second-order valence-corrected chi connectivity index (χ2v) is 8.22. The molecule has 0 aliphatic carbocycles. The zero-order valence-corrected chi connectivity index (χ0v) is 16.2. The lowest BCUT2D eigenvalue weighted by molar-refractivity contribution is -0.150. The monoisotopic (exact) mass is 377 g/mol. The van der Waals surface area contributed by atoms with Gasteiger partial charge in [-0.1, -0.05) is 36.8 Å². The summed E-state index contributed by atoms with van der Waals surface area (Å²) in [5, 5.41) is 8.69. The number of aliphatic carboxylic acids is 1. The molecule has 1 fully saturated rings. The standard InChI is InChI=1S/C20H27NO4S/c1-20(2)10-6-9-15(19(25)21(20)13-18(23)24)12-16(22)17(26)11-14-7-4-3-5-8-14/h3-5,7-8,15,17,26H,6,9-13H2,1-2H3,(H,23,24)/t15-,17+/m1/s1. The van der Waals surface area contributed by atoms with E-state index >= 15 is 0 Å². The number of carboxylic acids is 1. The van der Waals surface area contributed by atoms with Crippen molar-refractivity contribution < 1.29 is 19.5 Å². The van der Waals surface area contributed by atoms with Crippen molar-refractivity contribution in [3.05, 3.63) is 35.9 Å². The summed E-state index contributed by atoms with van der Waals surface area (Å²) < 4.78 is 0. The van der Waals surface area contributed by atoms with Crippen molar-refractivity contribution >= 4 is 30.3 Å². The van der Waals surface area contributed by atoms with Crippen LogP contribution in [0.1, 0.15) is 45.1 Å². The Morgan fingerprint density at radius 2 is 1.96 bits per heavy atom. The third-order valence-corrected chi connectivity index (χ3v) is 5.54. The summed E-state index contributed by atoms with van der Waals surface area (Å²) in [6, 6.07) is 9.65. The molecule has 1 aromatic carbocycles. The number of benzene rings is 1. The fraction of sp³-hybridized carbons (Fsp3) is 0.550. The van der Waals surface area contributed by atoms with Gasteiger partial charge in [-0.25, -0.2) is 0 Å². The first-order valence-corrected chi connectivity index (χ1v) is 9.50. The van der Waals surface area contributed by atoms with E-state index in [0.29, 0.717) is 12.8 Å². The Kier molecular flexibility index (Phi) is 6.87. The lowest BCUT2D eigenvalue weighted by Crippen LogP contribution is -2.51. The molecule has 6 heteroatoms. The first-order chi connectivity index (χ1) is 12.2. The maximum atomic E-state index is 12.9. The van der Waals surface area contributed by atoms with Crippen LogP contribution in [0.5, 0.6) is 0 Å². The number of carbonyl (C=O) groups is 3. The highest BCUT2D eigenvalue weighted by atomic mass is 32.1. The SMILES string of the molecule is CC1(C)CCC[C@H](CC(=O)[C@@H](S)Cc2ccccc2)C(=O)N1CC(=O)O. The van der Waals surface area contributed by atoms with Gasteiger partial charge < -0.3 is 10.0 Å². The summed E-state index contributed by atoms with van der Waals surface area (Å²) in [7, 11) is 0. The van der Waals surface area contributed by atoms with Crippen LogP contribution in [0.4, 0.5) is 0 Å². The van der Waals surface area contributed by atoms with Crippen molar-refractivity contribution in [2.24, 2.45) is 5.92 Å². The number of hydrogen-bond donors (Lipinski definition) is 2. The Hall–Kier alpha value is -1.82. The minimum Gasteiger partial charge on any atom is -0.480 e. The Morgan fingerprint density at radius 1 is 1.31 bits per heavy atom. The van der Waals surface area contributed by atoms with E-state index in [0.717, 1.165) is 18.4 Å². The van der Waals surface area contributed by atoms with E-state index in [9.17, 15) is 14.4 Å². The number of hydrogen-bond acceptors (Lipinski definition) is 4. The van der Waals surface area contributed by atoms with E-state index in [2.05, 4.69) is 12.6 Å². The van der Waals surface area contributed by atoms with Gasteiger partial charge in [0.25, 0.3) is 0 Å². The lowest BCUT2D eigenvalue weighted by atomic mass is 9.93. The quantitative estimate of drug-likeness (QED) is 0.717. The van der Waals surface area contributed by atoms with Crippen LogP contribution in [-0.2, 0) is 20.8 Å². The van der Waals surface area contributed by atoms with E-state index in [1.165, 1.54) is 4.90 Å². The summed E-state index contributed by atoms with van der Waals surface area (Å²) in [5.41, 5.74) is 0.513. The van der Waals surface area contributed by atoms with Crippen LogP contribution in [0.15, 0.2) is 30.3 Å². The van der Waals surface area contributed by atoms with Crippen molar-refractivity contribution in [2.45, 2.75) is 56.7 Å². The third-order valence-electron chi connectivity index (χ3n) is 5.07. The largest absolute Gasteiger partial charge is 0.480 e.